The van der Waals surface area contributed by atoms with Crippen LogP contribution in [-0.4, -0.2) is 27.7 Å². The Labute approximate surface area is 106 Å². The first kappa shape index (κ1) is 12.5. The van der Waals surface area contributed by atoms with Gasteiger partial charge < -0.3 is 4.74 Å². The monoisotopic (exact) mass is 247 g/mol. The molecule has 0 N–H and O–H groups in total. The van der Waals surface area contributed by atoms with Crippen molar-refractivity contribution in [3.63, 3.8) is 0 Å². The second-order valence-electron chi connectivity index (χ2n) is 4.21. The lowest BCUT2D eigenvalue weighted by atomic mass is 10.0. The van der Waals surface area contributed by atoms with Crippen LogP contribution in [0.25, 0.3) is 5.65 Å². The summed E-state index contributed by atoms with van der Waals surface area (Å²) >= 11 is 0. The van der Waals surface area contributed by atoms with Gasteiger partial charge in [-0.25, -0.2) is 4.79 Å². The highest BCUT2D eigenvalue weighted by Crippen LogP contribution is 2.22. The number of nitrogens with zero attached hydrogens (tertiary/aromatic N) is 3. The summed E-state index contributed by atoms with van der Waals surface area (Å²) in [4.78, 5) is 11.5. The van der Waals surface area contributed by atoms with Gasteiger partial charge in [0.05, 0.1) is 12.7 Å². The summed E-state index contributed by atoms with van der Waals surface area (Å²) in [6, 6.07) is 3.48. The number of fused-ring (bicyclic) bond motifs is 1. The van der Waals surface area contributed by atoms with Gasteiger partial charge in [-0.05, 0) is 25.0 Å². The molecule has 0 saturated carbocycles. The maximum Gasteiger partial charge on any atom is 0.339 e. The van der Waals surface area contributed by atoms with Gasteiger partial charge in [0.25, 0.3) is 0 Å². The maximum absolute atomic E-state index is 11.5. The summed E-state index contributed by atoms with van der Waals surface area (Å²) in [5.74, 6) is 0.912. The topological polar surface area (TPSA) is 56.5 Å². The minimum atomic E-state index is -0.346. The molecule has 2 aromatic rings. The predicted octanol–water partition coefficient (Wildman–Crippen LogP) is 2.42. The maximum atomic E-state index is 11.5. The van der Waals surface area contributed by atoms with Crippen molar-refractivity contribution in [2.45, 2.75) is 32.6 Å². The van der Waals surface area contributed by atoms with Crippen LogP contribution in [0.15, 0.2) is 18.3 Å². The van der Waals surface area contributed by atoms with Crippen molar-refractivity contribution in [2.75, 3.05) is 7.11 Å². The van der Waals surface area contributed by atoms with Crippen molar-refractivity contribution < 1.29 is 9.53 Å². The molecule has 2 heterocycles. The summed E-state index contributed by atoms with van der Waals surface area (Å²) in [6.45, 7) is 4.25. The number of carbonyl (C=O) groups is 1. The number of hydrogen-bond acceptors (Lipinski definition) is 4. The molecule has 18 heavy (non-hydrogen) atoms. The zero-order valence-corrected chi connectivity index (χ0v) is 10.9. The van der Waals surface area contributed by atoms with Crippen LogP contribution < -0.4 is 0 Å². The Kier molecular flexibility index (Phi) is 3.60. The van der Waals surface area contributed by atoms with Crippen LogP contribution in [0.4, 0.5) is 0 Å². The molecule has 0 aromatic carbocycles. The van der Waals surface area contributed by atoms with Crippen LogP contribution in [0.5, 0.6) is 0 Å². The van der Waals surface area contributed by atoms with Gasteiger partial charge in [0.15, 0.2) is 5.65 Å². The van der Waals surface area contributed by atoms with Crippen LogP contribution >= 0.6 is 0 Å². The lowest BCUT2D eigenvalue weighted by Crippen LogP contribution is -2.06. The van der Waals surface area contributed by atoms with Gasteiger partial charge in [-0.15, -0.1) is 10.2 Å². The molecule has 0 aliphatic carbocycles. The first-order valence-electron chi connectivity index (χ1n) is 6.14. The van der Waals surface area contributed by atoms with Crippen molar-refractivity contribution in [3.8, 4) is 0 Å². The average Bonchev–Trinajstić information content (AvgIpc) is 2.82. The molecule has 96 valence electrons. The minimum absolute atomic E-state index is 0.346. The molecular formula is C13H17N3O2. The number of esters is 1. The molecule has 0 unspecified atom stereocenters. The molecule has 0 bridgehead atoms. The number of hydrogen-bond donors (Lipinski definition) is 0. The van der Waals surface area contributed by atoms with Crippen LogP contribution in [0.2, 0.25) is 0 Å². The average molecular weight is 247 g/mol. The predicted molar refractivity (Wildman–Crippen MR) is 67.6 cm³/mol. The third kappa shape index (κ3) is 2.08. The molecule has 0 atom stereocenters. The van der Waals surface area contributed by atoms with E-state index in [2.05, 4.69) is 24.0 Å². The fraction of sp³-hybridized carbons (Fsp3) is 0.462. The fourth-order valence-electron chi connectivity index (χ4n) is 2.08. The largest absolute Gasteiger partial charge is 0.465 e. The van der Waals surface area contributed by atoms with Gasteiger partial charge in [-0.2, -0.15) is 0 Å². The zero-order chi connectivity index (χ0) is 13.1. The normalized spacial score (nSPS) is 11.1. The molecule has 5 nitrogen and oxygen atoms in total. The molecule has 0 fully saturated rings. The Bertz CT molecular complexity index is 558. The summed E-state index contributed by atoms with van der Waals surface area (Å²) in [5, 5.41) is 8.35. The number of pyridine rings is 1. The van der Waals surface area contributed by atoms with E-state index in [4.69, 9.17) is 4.74 Å². The second kappa shape index (κ2) is 5.16. The van der Waals surface area contributed by atoms with Crippen LogP contribution in [0.3, 0.4) is 0 Å². The Balaban J connectivity index is 2.52. The van der Waals surface area contributed by atoms with Gasteiger partial charge in [-0.1, -0.05) is 13.8 Å². The Morgan fingerprint density at radius 3 is 2.67 bits per heavy atom. The summed E-state index contributed by atoms with van der Waals surface area (Å²) in [6.07, 6.45) is 3.74. The smallest absolute Gasteiger partial charge is 0.339 e. The molecule has 0 aliphatic rings. The summed E-state index contributed by atoms with van der Waals surface area (Å²) in [7, 11) is 1.38. The van der Waals surface area contributed by atoms with Gasteiger partial charge in [0, 0.05) is 12.1 Å². The zero-order valence-electron chi connectivity index (χ0n) is 10.9. The highest BCUT2D eigenvalue weighted by atomic mass is 16.5. The van der Waals surface area contributed by atoms with Crippen molar-refractivity contribution in [3.05, 3.63) is 29.7 Å². The van der Waals surface area contributed by atoms with E-state index in [-0.39, 0.29) is 5.97 Å². The molecule has 2 aromatic heterocycles. The third-order valence-electron chi connectivity index (χ3n) is 3.20. The highest BCUT2D eigenvalue weighted by Gasteiger charge is 2.16. The first-order chi connectivity index (χ1) is 8.71. The minimum Gasteiger partial charge on any atom is -0.465 e. The van der Waals surface area contributed by atoms with Gasteiger partial charge in [0.1, 0.15) is 5.82 Å². The lowest BCUT2D eigenvalue weighted by molar-refractivity contribution is 0.0600. The van der Waals surface area contributed by atoms with Crippen LogP contribution in [-0.2, 0) is 4.74 Å². The second-order valence-corrected chi connectivity index (χ2v) is 4.21. The number of carbonyl (C=O) groups excluding carboxylic acids is 1. The number of rotatable bonds is 4. The quantitative estimate of drug-likeness (QED) is 0.778. The molecule has 0 amide bonds. The highest BCUT2D eigenvalue weighted by molar-refractivity contribution is 5.89. The molecule has 0 aliphatic heterocycles. The van der Waals surface area contributed by atoms with Gasteiger partial charge >= 0.3 is 5.97 Å². The SMILES string of the molecule is CCC(CC)c1nnc2ccc(C(=O)OC)cn12. The van der Waals surface area contributed by atoms with E-state index in [0.29, 0.717) is 11.5 Å². The molecule has 0 radical (unpaired) electrons. The number of ether oxygens (including phenoxy) is 1. The third-order valence-corrected chi connectivity index (χ3v) is 3.20. The van der Waals surface area contributed by atoms with Crippen LogP contribution in [0.1, 0.15) is 48.8 Å². The summed E-state index contributed by atoms with van der Waals surface area (Å²) < 4.78 is 6.60. The fourth-order valence-corrected chi connectivity index (χ4v) is 2.08. The van der Waals surface area contributed by atoms with Gasteiger partial charge in [0.2, 0.25) is 0 Å². The van der Waals surface area contributed by atoms with E-state index in [0.717, 1.165) is 24.3 Å². The number of methoxy groups -OCH3 is 1. The summed E-state index contributed by atoms with van der Waals surface area (Å²) in [5.41, 5.74) is 1.27. The first-order valence-corrected chi connectivity index (χ1v) is 6.14. The lowest BCUT2D eigenvalue weighted by Gasteiger charge is -2.10. The Morgan fingerprint density at radius 1 is 1.33 bits per heavy atom. The van der Waals surface area contributed by atoms with E-state index in [1.54, 1.807) is 18.3 Å². The van der Waals surface area contributed by atoms with Crippen molar-refractivity contribution in [1.82, 2.24) is 14.6 Å². The standard InChI is InChI=1S/C13H17N3O2/c1-4-9(5-2)12-15-14-11-7-6-10(8-16(11)12)13(17)18-3/h6-9H,4-5H2,1-3H3. The van der Waals surface area contributed by atoms with E-state index in [9.17, 15) is 4.79 Å². The molecule has 2 rings (SSSR count). The Hall–Kier alpha value is -1.91. The molecule has 0 saturated heterocycles. The van der Waals surface area contributed by atoms with E-state index >= 15 is 0 Å². The van der Waals surface area contributed by atoms with Crippen LogP contribution in [0, 0.1) is 0 Å². The Morgan fingerprint density at radius 2 is 2.06 bits per heavy atom. The molecular weight excluding hydrogens is 230 g/mol. The van der Waals surface area contributed by atoms with E-state index < -0.39 is 0 Å². The number of aromatic nitrogens is 3. The van der Waals surface area contributed by atoms with Crippen molar-refractivity contribution in [2.24, 2.45) is 0 Å². The van der Waals surface area contributed by atoms with Crippen molar-refractivity contribution >= 4 is 11.6 Å². The van der Waals surface area contributed by atoms with E-state index in [1.165, 1.54) is 7.11 Å². The molecule has 5 heteroatoms. The van der Waals surface area contributed by atoms with E-state index in [1.807, 2.05) is 4.40 Å². The van der Waals surface area contributed by atoms with Gasteiger partial charge in [-0.3, -0.25) is 4.40 Å². The molecule has 0 spiro atoms. The van der Waals surface area contributed by atoms with Crippen molar-refractivity contribution in [1.29, 1.82) is 0 Å².